The molecule has 2 aliphatic rings. The Morgan fingerprint density at radius 2 is 2.05 bits per heavy atom. The van der Waals surface area contributed by atoms with Crippen LogP contribution in [0.3, 0.4) is 0 Å². The van der Waals surface area contributed by atoms with Gasteiger partial charge in [-0.15, -0.1) is 0 Å². The smallest absolute Gasteiger partial charge is 0.410 e. The van der Waals surface area contributed by atoms with E-state index in [-0.39, 0.29) is 6.09 Å². The summed E-state index contributed by atoms with van der Waals surface area (Å²) in [5.41, 5.74) is 1.04. The van der Waals surface area contributed by atoms with Crippen LogP contribution < -0.4 is 5.32 Å². The van der Waals surface area contributed by atoms with Crippen molar-refractivity contribution in [2.45, 2.75) is 44.4 Å². The van der Waals surface area contributed by atoms with E-state index in [9.17, 15) is 4.79 Å². The van der Waals surface area contributed by atoms with Crippen LogP contribution in [0.1, 0.15) is 31.2 Å². The lowest BCUT2D eigenvalue weighted by molar-refractivity contribution is 0.0478. The maximum absolute atomic E-state index is 12.3. The molecule has 1 aromatic rings. The van der Waals surface area contributed by atoms with Gasteiger partial charge >= 0.3 is 6.09 Å². The molecule has 0 spiro atoms. The van der Waals surface area contributed by atoms with Gasteiger partial charge in [-0.25, -0.2) is 4.79 Å². The highest BCUT2D eigenvalue weighted by Crippen LogP contribution is 2.26. The predicted octanol–water partition coefficient (Wildman–Crippen LogP) is 2.54. The van der Waals surface area contributed by atoms with Crippen LogP contribution in [0.15, 0.2) is 30.3 Å². The molecule has 1 saturated heterocycles. The molecule has 2 fully saturated rings. The SMILES string of the molecule is O=C(OCc1ccccc1)N1CCN[C@H]2CCCC[C@@H]21. The molecular weight excluding hydrogens is 252 g/mol. The Morgan fingerprint density at radius 1 is 1.25 bits per heavy atom. The molecule has 1 heterocycles. The quantitative estimate of drug-likeness (QED) is 0.901. The van der Waals surface area contributed by atoms with E-state index in [1.165, 1.54) is 19.3 Å². The first-order valence-corrected chi connectivity index (χ1v) is 7.55. The van der Waals surface area contributed by atoms with E-state index in [4.69, 9.17) is 4.74 Å². The van der Waals surface area contributed by atoms with Gasteiger partial charge in [0.25, 0.3) is 0 Å². The van der Waals surface area contributed by atoms with Gasteiger partial charge in [0.2, 0.25) is 0 Å². The maximum Gasteiger partial charge on any atom is 0.410 e. The van der Waals surface area contributed by atoms with Gasteiger partial charge < -0.3 is 15.0 Å². The van der Waals surface area contributed by atoms with E-state index in [2.05, 4.69) is 5.32 Å². The summed E-state index contributed by atoms with van der Waals surface area (Å²) in [4.78, 5) is 14.2. The number of hydrogen-bond acceptors (Lipinski definition) is 3. The van der Waals surface area contributed by atoms with Crippen molar-refractivity contribution < 1.29 is 9.53 Å². The van der Waals surface area contributed by atoms with Gasteiger partial charge in [-0.1, -0.05) is 43.2 Å². The van der Waals surface area contributed by atoms with Crippen molar-refractivity contribution in [2.75, 3.05) is 13.1 Å². The van der Waals surface area contributed by atoms with Crippen molar-refractivity contribution in [3.63, 3.8) is 0 Å². The number of nitrogens with one attached hydrogen (secondary N) is 1. The Balaban J connectivity index is 1.58. The highest BCUT2D eigenvalue weighted by atomic mass is 16.6. The Morgan fingerprint density at radius 3 is 2.90 bits per heavy atom. The lowest BCUT2D eigenvalue weighted by Gasteiger charge is -2.43. The summed E-state index contributed by atoms with van der Waals surface area (Å²) in [5.74, 6) is 0. The van der Waals surface area contributed by atoms with Gasteiger partial charge in [-0.3, -0.25) is 0 Å². The van der Waals surface area contributed by atoms with Gasteiger partial charge in [0, 0.05) is 19.1 Å². The van der Waals surface area contributed by atoms with Crippen LogP contribution in [0.25, 0.3) is 0 Å². The fraction of sp³-hybridized carbons (Fsp3) is 0.562. The molecule has 1 aliphatic carbocycles. The van der Waals surface area contributed by atoms with Crippen molar-refractivity contribution in [2.24, 2.45) is 0 Å². The van der Waals surface area contributed by atoms with Gasteiger partial charge in [-0.05, 0) is 18.4 Å². The van der Waals surface area contributed by atoms with Crippen LogP contribution in [0.5, 0.6) is 0 Å². The molecule has 20 heavy (non-hydrogen) atoms. The molecule has 0 bridgehead atoms. The van der Waals surface area contributed by atoms with E-state index in [0.717, 1.165) is 25.1 Å². The van der Waals surface area contributed by atoms with Crippen molar-refractivity contribution in [3.05, 3.63) is 35.9 Å². The van der Waals surface area contributed by atoms with Crippen LogP contribution in [0, 0.1) is 0 Å². The van der Waals surface area contributed by atoms with Crippen molar-refractivity contribution in [3.8, 4) is 0 Å². The summed E-state index contributed by atoms with van der Waals surface area (Å²) in [6.45, 7) is 2.00. The van der Waals surface area contributed by atoms with E-state index >= 15 is 0 Å². The average Bonchev–Trinajstić information content (AvgIpc) is 2.53. The lowest BCUT2D eigenvalue weighted by atomic mass is 9.88. The fourth-order valence-corrected chi connectivity index (χ4v) is 3.29. The fourth-order valence-electron chi connectivity index (χ4n) is 3.29. The summed E-state index contributed by atoms with van der Waals surface area (Å²) < 4.78 is 5.48. The first-order chi connectivity index (χ1) is 9.84. The van der Waals surface area contributed by atoms with E-state index in [0.29, 0.717) is 18.7 Å². The number of piperazine rings is 1. The van der Waals surface area contributed by atoms with Crippen LogP contribution in [-0.4, -0.2) is 36.2 Å². The van der Waals surface area contributed by atoms with Gasteiger partial charge in [0.05, 0.1) is 6.04 Å². The Hall–Kier alpha value is -1.55. The summed E-state index contributed by atoms with van der Waals surface area (Å²) in [6.07, 6.45) is 4.59. The Kier molecular flexibility index (Phi) is 4.21. The normalized spacial score (nSPS) is 25.9. The molecule has 0 unspecified atom stereocenters. The zero-order valence-corrected chi connectivity index (χ0v) is 11.8. The number of amides is 1. The highest BCUT2D eigenvalue weighted by Gasteiger charge is 2.36. The standard InChI is InChI=1S/C16H22N2O2/c19-16(20-12-13-6-2-1-3-7-13)18-11-10-17-14-8-4-5-9-15(14)18/h1-3,6-7,14-15,17H,4-5,8-12H2/t14-,15-/m0/s1. The zero-order chi connectivity index (χ0) is 13.8. The minimum Gasteiger partial charge on any atom is -0.445 e. The van der Waals surface area contributed by atoms with Crippen LogP contribution >= 0.6 is 0 Å². The molecule has 1 aliphatic heterocycles. The third-order valence-electron chi connectivity index (χ3n) is 4.33. The number of fused-ring (bicyclic) bond motifs is 1. The van der Waals surface area contributed by atoms with Crippen LogP contribution in [0.2, 0.25) is 0 Å². The first kappa shape index (κ1) is 13.4. The largest absolute Gasteiger partial charge is 0.445 e. The van der Waals surface area contributed by atoms with Gasteiger partial charge in [0.15, 0.2) is 0 Å². The summed E-state index contributed by atoms with van der Waals surface area (Å²) >= 11 is 0. The third-order valence-corrected chi connectivity index (χ3v) is 4.33. The van der Waals surface area contributed by atoms with Crippen molar-refractivity contribution in [1.29, 1.82) is 0 Å². The van der Waals surface area contributed by atoms with Crippen molar-refractivity contribution >= 4 is 6.09 Å². The molecule has 1 saturated carbocycles. The number of hydrogen-bond donors (Lipinski definition) is 1. The number of carbonyl (C=O) groups is 1. The number of rotatable bonds is 2. The predicted molar refractivity (Wildman–Crippen MR) is 77.4 cm³/mol. The lowest BCUT2D eigenvalue weighted by Crippen LogP contribution is -2.60. The zero-order valence-electron chi connectivity index (χ0n) is 11.8. The Labute approximate surface area is 120 Å². The molecule has 1 N–H and O–H groups in total. The number of benzene rings is 1. The monoisotopic (exact) mass is 274 g/mol. The molecule has 1 amide bonds. The second kappa shape index (κ2) is 6.27. The molecule has 3 rings (SSSR count). The molecule has 108 valence electrons. The molecular formula is C16H22N2O2. The molecule has 0 radical (unpaired) electrons. The van der Waals surface area contributed by atoms with Gasteiger partial charge in [-0.2, -0.15) is 0 Å². The molecule has 4 heteroatoms. The summed E-state index contributed by atoms with van der Waals surface area (Å²) in [7, 11) is 0. The third kappa shape index (κ3) is 2.96. The second-order valence-corrected chi connectivity index (χ2v) is 5.65. The number of carbonyl (C=O) groups excluding carboxylic acids is 1. The number of ether oxygens (including phenoxy) is 1. The molecule has 2 atom stereocenters. The van der Waals surface area contributed by atoms with Gasteiger partial charge in [0.1, 0.15) is 6.61 Å². The average molecular weight is 274 g/mol. The van der Waals surface area contributed by atoms with Crippen molar-refractivity contribution in [1.82, 2.24) is 10.2 Å². The second-order valence-electron chi connectivity index (χ2n) is 5.65. The highest BCUT2D eigenvalue weighted by molar-refractivity contribution is 5.68. The minimum atomic E-state index is -0.160. The van der Waals surface area contributed by atoms with E-state index < -0.39 is 0 Å². The van der Waals surface area contributed by atoms with E-state index in [1.807, 2.05) is 35.2 Å². The molecule has 1 aromatic carbocycles. The minimum absolute atomic E-state index is 0.160. The Bertz CT molecular complexity index is 447. The van der Waals surface area contributed by atoms with E-state index in [1.54, 1.807) is 0 Å². The molecule has 4 nitrogen and oxygen atoms in total. The summed E-state index contributed by atoms with van der Waals surface area (Å²) in [6, 6.07) is 10.6. The molecule has 0 aromatic heterocycles. The summed E-state index contributed by atoms with van der Waals surface area (Å²) in [5, 5.41) is 3.53. The van der Waals surface area contributed by atoms with Crippen LogP contribution in [0.4, 0.5) is 4.79 Å². The maximum atomic E-state index is 12.3. The number of nitrogens with zero attached hydrogens (tertiary/aromatic N) is 1. The first-order valence-electron chi connectivity index (χ1n) is 7.55. The topological polar surface area (TPSA) is 41.6 Å². The van der Waals surface area contributed by atoms with Crippen LogP contribution in [-0.2, 0) is 11.3 Å².